The molecule has 3 heterocycles. The summed E-state index contributed by atoms with van der Waals surface area (Å²) in [6, 6.07) is 8.03. The van der Waals surface area contributed by atoms with Crippen molar-refractivity contribution in [2.24, 2.45) is 0 Å². The monoisotopic (exact) mass is 312 g/mol. The number of hydrogen-bond acceptors (Lipinski definition) is 6. The minimum Gasteiger partial charge on any atom is -0.357 e. The van der Waals surface area contributed by atoms with Crippen LogP contribution in [0.3, 0.4) is 0 Å². The van der Waals surface area contributed by atoms with Crippen LogP contribution in [0.15, 0.2) is 36.7 Å². The zero-order valence-electron chi connectivity index (χ0n) is 13.9. The zero-order valence-corrected chi connectivity index (χ0v) is 13.9. The summed E-state index contributed by atoms with van der Waals surface area (Å²) < 4.78 is 0. The molecule has 122 valence electrons. The van der Waals surface area contributed by atoms with Crippen molar-refractivity contribution in [3.63, 3.8) is 0 Å². The minimum atomic E-state index is 0.829. The van der Waals surface area contributed by atoms with Gasteiger partial charge in [-0.2, -0.15) is 4.98 Å². The number of piperazine rings is 1. The van der Waals surface area contributed by atoms with Gasteiger partial charge in [0.2, 0.25) is 5.95 Å². The van der Waals surface area contributed by atoms with Crippen molar-refractivity contribution in [3.05, 3.63) is 36.7 Å². The van der Waals surface area contributed by atoms with Gasteiger partial charge in [-0.05, 0) is 32.0 Å². The predicted octanol–water partition coefficient (Wildman–Crippen LogP) is 2.04. The highest BCUT2D eigenvalue weighted by atomic mass is 15.3. The van der Waals surface area contributed by atoms with Crippen molar-refractivity contribution in [2.75, 3.05) is 54.0 Å². The summed E-state index contributed by atoms with van der Waals surface area (Å²) in [7, 11) is 0. The molecule has 0 spiro atoms. The molecular weight excluding hydrogens is 288 g/mol. The summed E-state index contributed by atoms with van der Waals surface area (Å²) in [5.74, 6) is 2.88. The van der Waals surface area contributed by atoms with Crippen LogP contribution in [0.1, 0.15) is 13.8 Å². The molecule has 0 amide bonds. The summed E-state index contributed by atoms with van der Waals surface area (Å²) in [6.07, 6.45) is 3.71. The standard InChI is InChI=1S/C17H24N6/c1-3-21(4-2)16-8-10-19-17(20-16)23-13-11-22(12-14-23)15-7-5-6-9-18-15/h5-10H,3-4,11-14H2,1-2H3. The van der Waals surface area contributed by atoms with E-state index in [1.807, 2.05) is 30.6 Å². The van der Waals surface area contributed by atoms with E-state index in [9.17, 15) is 0 Å². The van der Waals surface area contributed by atoms with E-state index in [0.717, 1.165) is 56.9 Å². The topological polar surface area (TPSA) is 48.4 Å². The van der Waals surface area contributed by atoms with Crippen LogP contribution >= 0.6 is 0 Å². The predicted molar refractivity (Wildman–Crippen MR) is 94.3 cm³/mol. The molecule has 0 atom stereocenters. The Kier molecular flexibility index (Phi) is 4.90. The summed E-state index contributed by atoms with van der Waals surface area (Å²) in [5, 5.41) is 0. The lowest BCUT2D eigenvalue weighted by atomic mass is 10.3. The van der Waals surface area contributed by atoms with Crippen molar-refractivity contribution in [2.45, 2.75) is 13.8 Å². The van der Waals surface area contributed by atoms with Crippen LogP contribution in [0.5, 0.6) is 0 Å². The lowest BCUT2D eigenvalue weighted by molar-refractivity contribution is 0.634. The largest absolute Gasteiger partial charge is 0.357 e. The van der Waals surface area contributed by atoms with E-state index in [2.05, 4.69) is 44.6 Å². The Morgan fingerprint density at radius 1 is 0.913 bits per heavy atom. The fourth-order valence-electron chi connectivity index (χ4n) is 2.89. The SMILES string of the molecule is CCN(CC)c1ccnc(N2CCN(c3ccccn3)CC2)n1. The minimum absolute atomic E-state index is 0.829. The second-order valence-corrected chi connectivity index (χ2v) is 5.55. The molecule has 0 unspecified atom stereocenters. The molecule has 23 heavy (non-hydrogen) atoms. The van der Waals surface area contributed by atoms with E-state index in [-0.39, 0.29) is 0 Å². The number of anilines is 3. The van der Waals surface area contributed by atoms with Gasteiger partial charge in [-0.3, -0.25) is 0 Å². The van der Waals surface area contributed by atoms with Crippen LogP contribution in [0.4, 0.5) is 17.6 Å². The van der Waals surface area contributed by atoms with Crippen LogP contribution in [0, 0.1) is 0 Å². The van der Waals surface area contributed by atoms with E-state index in [1.54, 1.807) is 0 Å². The van der Waals surface area contributed by atoms with Gasteiger partial charge in [-0.25, -0.2) is 9.97 Å². The molecule has 1 aliphatic rings. The molecule has 1 saturated heterocycles. The summed E-state index contributed by atoms with van der Waals surface area (Å²) >= 11 is 0. The molecule has 2 aromatic heterocycles. The van der Waals surface area contributed by atoms with E-state index in [0.29, 0.717) is 0 Å². The first-order chi connectivity index (χ1) is 11.3. The molecule has 1 fully saturated rings. The lowest BCUT2D eigenvalue weighted by Gasteiger charge is -2.35. The highest BCUT2D eigenvalue weighted by molar-refractivity contribution is 5.46. The molecule has 3 rings (SSSR count). The van der Waals surface area contributed by atoms with Crippen LogP contribution in [-0.4, -0.2) is 54.2 Å². The quantitative estimate of drug-likeness (QED) is 0.842. The molecule has 0 radical (unpaired) electrons. The highest BCUT2D eigenvalue weighted by Crippen LogP contribution is 2.18. The van der Waals surface area contributed by atoms with Gasteiger partial charge in [-0.1, -0.05) is 6.07 Å². The average Bonchev–Trinajstić information content (AvgIpc) is 2.64. The van der Waals surface area contributed by atoms with Crippen LogP contribution in [0.25, 0.3) is 0 Å². The Labute approximate surface area is 137 Å². The normalized spacial score (nSPS) is 14.9. The van der Waals surface area contributed by atoms with Gasteiger partial charge in [0, 0.05) is 51.7 Å². The fourth-order valence-corrected chi connectivity index (χ4v) is 2.89. The molecule has 6 heteroatoms. The average molecular weight is 312 g/mol. The van der Waals surface area contributed by atoms with Gasteiger partial charge in [0.1, 0.15) is 11.6 Å². The van der Waals surface area contributed by atoms with Crippen LogP contribution < -0.4 is 14.7 Å². The first-order valence-corrected chi connectivity index (χ1v) is 8.30. The smallest absolute Gasteiger partial charge is 0.227 e. The van der Waals surface area contributed by atoms with Gasteiger partial charge in [-0.15, -0.1) is 0 Å². The van der Waals surface area contributed by atoms with Crippen molar-refractivity contribution in [1.82, 2.24) is 15.0 Å². The van der Waals surface area contributed by atoms with Gasteiger partial charge in [0.05, 0.1) is 0 Å². The Morgan fingerprint density at radius 2 is 1.65 bits per heavy atom. The third-order valence-corrected chi connectivity index (χ3v) is 4.25. The maximum atomic E-state index is 4.74. The van der Waals surface area contributed by atoms with E-state index >= 15 is 0 Å². The number of pyridine rings is 1. The maximum absolute atomic E-state index is 4.74. The number of rotatable bonds is 5. The number of nitrogens with zero attached hydrogens (tertiary/aromatic N) is 6. The third-order valence-electron chi connectivity index (χ3n) is 4.25. The lowest BCUT2D eigenvalue weighted by Crippen LogP contribution is -2.47. The second kappa shape index (κ2) is 7.26. The van der Waals surface area contributed by atoms with E-state index in [4.69, 9.17) is 4.98 Å². The summed E-state index contributed by atoms with van der Waals surface area (Å²) in [5.41, 5.74) is 0. The summed E-state index contributed by atoms with van der Waals surface area (Å²) in [6.45, 7) is 9.93. The highest BCUT2D eigenvalue weighted by Gasteiger charge is 2.20. The third kappa shape index (κ3) is 3.52. The molecule has 6 nitrogen and oxygen atoms in total. The van der Waals surface area contributed by atoms with Crippen molar-refractivity contribution in [3.8, 4) is 0 Å². The molecule has 0 aromatic carbocycles. The number of aromatic nitrogens is 3. The molecule has 0 aliphatic carbocycles. The van der Waals surface area contributed by atoms with Gasteiger partial charge in [0.25, 0.3) is 0 Å². The molecule has 0 bridgehead atoms. The first kappa shape index (κ1) is 15.5. The van der Waals surface area contributed by atoms with Gasteiger partial charge in [0.15, 0.2) is 0 Å². The molecule has 2 aromatic rings. The van der Waals surface area contributed by atoms with Crippen LogP contribution in [0.2, 0.25) is 0 Å². The van der Waals surface area contributed by atoms with E-state index < -0.39 is 0 Å². The molecule has 1 aliphatic heterocycles. The Hall–Kier alpha value is -2.37. The van der Waals surface area contributed by atoms with Crippen molar-refractivity contribution < 1.29 is 0 Å². The molecule has 0 N–H and O–H groups in total. The zero-order chi connectivity index (χ0) is 16.1. The second-order valence-electron chi connectivity index (χ2n) is 5.55. The van der Waals surface area contributed by atoms with Gasteiger partial charge >= 0.3 is 0 Å². The Bertz CT molecular complexity index is 605. The molecule has 0 saturated carbocycles. The van der Waals surface area contributed by atoms with Crippen LogP contribution in [-0.2, 0) is 0 Å². The van der Waals surface area contributed by atoms with Gasteiger partial charge < -0.3 is 14.7 Å². The van der Waals surface area contributed by atoms with E-state index in [1.165, 1.54) is 0 Å². The molecular formula is C17H24N6. The number of hydrogen-bond donors (Lipinski definition) is 0. The van der Waals surface area contributed by atoms with Crippen molar-refractivity contribution >= 4 is 17.6 Å². The fraction of sp³-hybridized carbons (Fsp3) is 0.471. The summed E-state index contributed by atoms with van der Waals surface area (Å²) in [4.78, 5) is 20.4. The Morgan fingerprint density at radius 3 is 2.30 bits per heavy atom. The Balaban J connectivity index is 1.67. The first-order valence-electron chi connectivity index (χ1n) is 8.30. The van der Waals surface area contributed by atoms with Crippen molar-refractivity contribution in [1.29, 1.82) is 0 Å². The maximum Gasteiger partial charge on any atom is 0.227 e.